The van der Waals surface area contributed by atoms with E-state index >= 15 is 0 Å². The van der Waals surface area contributed by atoms with Crippen molar-refractivity contribution in [2.24, 2.45) is 0 Å². The van der Waals surface area contributed by atoms with Crippen molar-refractivity contribution in [2.45, 2.75) is 0 Å². The number of nitro benzene ring substituents is 2. The molecule has 0 atom stereocenters. The fraction of sp³-hybridized carbons (Fsp3) is 0.143. The van der Waals surface area contributed by atoms with E-state index in [2.05, 4.69) is 5.32 Å². The molecule has 0 fully saturated rings. The van der Waals surface area contributed by atoms with E-state index in [1.54, 1.807) is 0 Å². The maximum Gasteiger partial charge on any atom is 0.302 e. The van der Waals surface area contributed by atoms with Gasteiger partial charge in [-0.05, 0) is 0 Å². The van der Waals surface area contributed by atoms with Gasteiger partial charge >= 0.3 is 11.4 Å². The second-order valence-corrected chi connectivity index (χ2v) is 2.58. The van der Waals surface area contributed by atoms with Crippen LogP contribution in [-0.4, -0.2) is 16.9 Å². The van der Waals surface area contributed by atoms with Crippen LogP contribution in [0, 0.1) is 26.0 Å². The fourth-order valence-corrected chi connectivity index (χ4v) is 1.12. The Labute approximate surface area is 82.8 Å². The van der Waals surface area contributed by atoms with Gasteiger partial charge in [0, 0.05) is 7.05 Å². The molecule has 1 N–H and O–H groups in total. The Morgan fingerprint density at radius 1 is 1.20 bits per heavy atom. The summed E-state index contributed by atoms with van der Waals surface area (Å²) in [5.74, 6) is -1.02. The molecule has 0 saturated carbocycles. The number of halogens is 1. The van der Waals surface area contributed by atoms with Gasteiger partial charge in [0.25, 0.3) is 0 Å². The van der Waals surface area contributed by atoms with E-state index in [-0.39, 0.29) is 5.69 Å². The van der Waals surface area contributed by atoms with Crippen LogP contribution in [0.2, 0.25) is 0 Å². The predicted octanol–water partition coefficient (Wildman–Crippen LogP) is 1.68. The minimum atomic E-state index is -1.02. The van der Waals surface area contributed by atoms with Gasteiger partial charge in [0.1, 0.15) is 5.82 Å². The average Bonchev–Trinajstić information content (AvgIpc) is 2.16. The second kappa shape index (κ2) is 3.86. The van der Waals surface area contributed by atoms with Gasteiger partial charge in [-0.25, -0.2) is 4.39 Å². The number of nitrogens with zero attached hydrogens (tertiary/aromatic N) is 2. The molecule has 8 heteroatoms. The van der Waals surface area contributed by atoms with E-state index < -0.39 is 27.0 Å². The van der Waals surface area contributed by atoms with Gasteiger partial charge in [0.15, 0.2) is 5.69 Å². The SMILES string of the molecule is CNc1c([N+](=O)[O-])cc(F)cc1[N+](=O)[O-]. The zero-order valence-electron chi connectivity index (χ0n) is 7.56. The standard InChI is InChI=1S/C7H6FN3O4/c1-9-7-5(10(12)13)2-4(8)3-6(7)11(14)15/h2-3,9H,1H3. The molecule has 0 saturated heterocycles. The third-order valence-corrected chi connectivity index (χ3v) is 1.70. The molecule has 0 radical (unpaired) electrons. The highest BCUT2D eigenvalue weighted by atomic mass is 19.1. The van der Waals surface area contributed by atoms with Gasteiger partial charge in [-0.3, -0.25) is 20.2 Å². The summed E-state index contributed by atoms with van der Waals surface area (Å²) >= 11 is 0. The van der Waals surface area contributed by atoms with Crippen LogP contribution in [0.25, 0.3) is 0 Å². The molecule has 0 aliphatic heterocycles. The first kappa shape index (κ1) is 10.8. The number of hydrogen-bond acceptors (Lipinski definition) is 5. The van der Waals surface area contributed by atoms with E-state index in [0.717, 1.165) is 0 Å². The van der Waals surface area contributed by atoms with Crippen LogP contribution in [0.4, 0.5) is 21.5 Å². The maximum absolute atomic E-state index is 12.8. The van der Waals surface area contributed by atoms with Gasteiger partial charge in [-0.2, -0.15) is 0 Å². The molecule has 0 bridgehead atoms. The Kier molecular flexibility index (Phi) is 2.79. The molecule has 80 valence electrons. The van der Waals surface area contributed by atoms with Crippen molar-refractivity contribution in [3.05, 3.63) is 38.2 Å². The largest absolute Gasteiger partial charge is 0.377 e. The quantitative estimate of drug-likeness (QED) is 0.610. The summed E-state index contributed by atoms with van der Waals surface area (Å²) in [7, 11) is 1.28. The van der Waals surface area contributed by atoms with E-state index in [0.29, 0.717) is 12.1 Å². The molecule has 0 aliphatic carbocycles. The number of benzene rings is 1. The Balaban J connectivity index is 3.52. The van der Waals surface area contributed by atoms with Gasteiger partial charge in [0.05, 0.1) is 22.0 Å². The van der Waals surface area contributed by atoms with Crippen molar-refractivity contribution in [1.82, 2.24) is 0 Å². The van der Waals surface area contributed by atoms with Crippen LogP contribution in [0.5, 0.6) is 0 Å². The first-order valence-corrected chi connectivity index (χ1v) is 3.77. The molecule has 1 aromatic rings. The highest BCUT2D eigenvalue weighted by Gasteiger charge is 2.25. The summed E-state index contributed by atoms with van der Waals surface area (Å²) in [5, 5.41) is 23.3. The second-order valence-electron chi connectivity index (χ2n) is 2.58. The summed E-state index contributed by atoms with van der Waals surface area (Å²) in [6, 6.07) is 1.25. The Morgan fingerprint density at radius 2 is 1.60 bits per heavy atom. The van der Waals surface area contributed by atoms with E-state index in [1.165, 1.54) is 7.05 Å². The first-order chi connectivity index (χ1) is 6.97. The van der Waals surface area contributed by atoms with Crippen LogP contribution in [0.1, 0.15) is 0 Å². The molecule has 1 rings (SSSR count). The zero-order chi connectivity index (χ0) is 11.6. The number of hydrogen-bond donors (Lipinski definition) is 1. The minimum Gasteiger partial charge on any atom is -0.377 e. The molecule has 7 nitrogen and oxygen atoms in total. The molecule has 1 aromatic carbocycles. The van der Waals surface area contributed by atoms with Crippen molar-refractivity contribution in [2.75, 3.05) is 12.4 Å². The number of nitro groups is 2. The van der Waals surface area contributed by atoms with Gasteiger partial charge in [-0.15, -0.1) is 0 Å². The van der Waals surface area contributed by atoms with Crippen molar-refractivity contribution >= 4 is 17.1 Å². The lowest BCUT2D eigenvalue weighted by Crippen LogP contribution is -2.02. The third-order valence-electron chi connectivity index (χ3n) is 1.70. The van der Waals surface area contributed by atoms with Crippen molar-refractivity contribution in [1.29, 1.82) is 0 Å². The molecule has 0 unspecified atom stereocenters. The molecule has 0 aliphatic rings. The smallest absolute Gasteiger partial charge is 0.302 e. The van der Waals surface area contributed by atoms with Gasteiger partial charge in [0.2, 0.25) is 0 Å². The lowest BCUT2D eigenvalue weighted by atomic mass is 10.2. The molecule has 0 aromatic heterocycles. The van der Waals surface area contributed by atoms with Crippen LogP contribution >= 0.6 is 0 Å². The lowest BCUT2D eigenvalue weighted by Gasteiger charge is -2.02. The van der Waals surface area contributed by atoms with E-state index in [1.807, 2.05) is 0 Å². The van der Waals surface area contributed by atoms with Crippen LogP contribution < -0.4 is 5.32 Å². The summed E-state index contributed by atoms with van der Waals surface area (Å²) in [6.07, 6.45) is 0. The van der Waals surface area contributed by atoms with Crippen molar-refractivity contribution in [3.8, 4) is 0 Å². The van der Waals surface area contributed by atoms with Crippen molar-refractivity contribution in [3.63, 3.8) is 0 Å². The number of rotatable bonds is 3. The molecular weight excluding hydrogens is 209 g/mol. The van der Waals surface area contributed by atoms with Crippen molar-refractivity contribution < 1.29 is 14.2 Å². The monoisotopic (exact) mass is 215 g/mol. The summed E-state index contributed by atoms with van der Waals surface area (Å²) in [6.45, 7) is 0. The summed E-state index contributed by atoms with van der Waals surface area (Å²) in [5.41, 5.74) is -1.64. The lowest BCUT2D eigenvalue weighted by molar-refractivity contribution is -0.392. The van der Waals surface area contributed by atoms with E-state index in [9.17, 15) is 24.6 Å². The van der Waals surface area contributed by atoms with Crippen LogP contribution in [0.15, 0.2) is 12.1 Å². The Morgan fingerprint density at radius 3 is 1.87 bits per heavy atom. The van der Waals surface area contributed by atoms with Crippen LogP contribution in [-0.2, 0) is 0 Å². The predicted molar refractivity (Wildman–Crippen MR) is 49.3 cm³/mol. The number of nitrogens with one attached hydrogen (secondary N) is 1. The summed E-state index contributed by atoms with van der Waals surface area (Å²) < 4.78 is 12.8. The normalized spacial score (nSPS) is 9.73. The third kappa shape index (κ3) is 1.98. The minimum absolute atomic E-state index is 0.314. The zero-order valence-corrected chi connectivity index (χ0v) is 7.56. The molecular formula is C7H6FN3O4. The highest BCUT2D eigenvalue weighted by molar-refractivity contribution is 5.73. The molecule has 15 heavy (non-hydrogen) atoms. The Hall–Kier alpha value is -2.25. The summed E-state index contributed by atoms with van der Waals surface area (Å²) in [4.78, 5) is 19.2. The average molecular weight is 215 g/mol. The van der Waals surface area contributed by atoms with Gasteiger partial charge < -0.3 is 5.32 Å². The molecule has 0 heterocycles. The number of anilines is 1. The maximum atomic E-state index is 12.8. The first-order valence-electron chi connectivity index (χ1n) is 3.77. The molecule has 0 spiro atoms. The van der Waals surface area contributed by atoms with Gasteiger partial charge in [-0.1, -0.05) is 0 Å². The molecule has 0 amide bonds. The fourth-order valence-electron chi connectivity index (χ4n) is 1.12. The topological polar surface area (TPSA) is 98.3 Å². The van der Waals surface area contributed by atoms with Crippen LogP contribution in [0.3, 0.4) is 0 Å². The van der Waals surface area contributed by atoms with E-state index in [4.69, 9.17) is 0 Å². The highest BCUT2D eigenvalue weighted by Crippen LogP contribution is 2.34. The Bertz CT molecular complexity index is 399.